The number of hydrogen-bond acceptors (Lipinski definition) is 5. The molecule has 0 radical (unpaired) electrons. The number of likely N-dealkylation sites (tertiary alicyclic amines) is 1. The molecule has 8 nitrogen and oxygen atoms in total. The molecule has 3 N–H and O–H groups in total. The van der Waals surface area contributed by atoms with Gasteiger partial charge in [-0.3, -0.25) is 9.59 Å². The van der Waals surface area contributed by atoms with Crippen LogP contribution >= 0.6 is 0 Å². The molecule has 1 heterocycles. The van der Waals surface area contributed by atoms with Gasteiger partial charge >= 0.3 is 6.09 Å². The third-order valence-electron chi connectivity index (χ3n) is 8.32. The van der Waals surface area contributed by atoms with Crippen molar-refractivity contribution in [3.8, 4) is 0 Å². The number of rotatable bonds is 10. The second-order valence-corrected chi connectivity index (χ2v) is 12.8. The molecule has 0 unspecified atom stereocenters. The number of carbonyl (C=O) groups is 3. The average molecular weight is 599 g/mol. The number of amides is 3. The van der Waals surface area contributed by atoms with Crippen LogP contribution in [0.1, 0.15) is 51.2 Å². The fraction of sp³-hybridized carbons (Fsp3) is 0.417. The summed E-state index contributed by atoms with van der Waals surface area (Å²) in [5.41, 5.74) is 7.91. The molecule has 0 bridgehead atoms. The number of likely N-dealkylation sites (N-methyl/N-ethyl adjacent to an activating group) is 1. The predicted octanol–water partition coefficient (Wildman–Crippen LogP) is 5.24. The van der Waals surface area contributed by atoms with E-state index in [0.717, 1.165) is 27.5 Å². The lowest BCUT2D eigenvalue weighted by atomic mass is 9.84. The van der Waals surface area contributed by atoms with E-state index < -0.39 is 23.3 Å². The largest absolute Gasteiger partial charge is 0.442 e. The topological polar surface area (TPSA) is 105 Å². The third kappa shape index (κ3) is 8.69. The summed E-state index contributed by atoms with van der Waals surface area (Å²) in [6.07, 6.45) is 3.59. The summed E-state index contributed by atoms with van der Waals surface area (Å²) in [7, 11) is 3.24. The minimum atomic E-state index is -0.733. The van der Waals surface area contributed by atoms with Crippen LogP contribution in [0.15, 0.2) is 84.4 Å². The van der Waals surface area contributed by atoms with Gasteiger partial charge in [0.05, 0.1) is 0 Å². The smallest absolute Gasteiger partial charge is 0.407 e. The Morgan fingerprint density at radius 1 is 1.00 bits per heavy atom. The van der Waals surface area contributed by atoms with Crippen LogP contribution < -0.4 is 11.1 Å². The number of nitrogens with two attached hydrogens (primary N) is 1. The third-order valence-corrected chi connectivity index (χ3v) is 8.32. The lowest BCUT2D eigenvalue weighted by Crippen LogP contribution is -2.56. The number of benzene rings is 3. The number of carbonyl (C=O) groups excluding carboxylic acids is 3. The molecule has 0 aliphatic carbocycles. The average Bonchev–Trinajstić information content (AvgIpc) is 2.99. The number of nitrogens with zero attached hydrogens (tertiary/aromatic N) is 2. The van der Waals surface area contributed by atoms with Crippen molar-refractivity contribution in [2.24, 2.45) is 5.73 Å². The molecular formula is C36H46N4O4. The van der Waals surface area contributed by atoms with E-state index in [2.05, 4.69) is 29.6 Å². The Bertz CT molecular complexity index is 1490. The van der Waals surface area contributed by atoms with E-state index in [-0.39, 0.29) is 11.8 Å². The molecule has 0 saturated carbocycles. The molecule has 1 aliphatic heterocycles. The first-order valence-electron chi connectivity index (χ1n) is 15.3. The maximum atomic E-state index is 14.2. The summed E-state index contributed by atoms with van der Waals surface area (Å²) in [6, 6.07) is 23.5. The summed E-state index contributed by atoms with van der Waals surface area (Å²) in [4.78, 5) is 43.5. The van der Waals surface area contributed by atoms with Gasteiger partial charge in [-0.1, -0.05) is 78.4 Å². The molecule has 1 fully saturated rings. The van der Waals surface area contributed by atoms with E-state index in [1.165, 1.54) is 0 Å². The van der Waals surface area contributed by atoms with Gasteiger partial charge in [-0.05, 0) is 49.1 Å². The van der Waals surface area contributed by atoms with Crippen LogP contribution in [0.5, 0.6) is 0 Å². The molecule has 0 aromatic heterocycles. The van der Waals surface area contributed by atoms with Gasteiger partial charge in [0.25, 0.3) is 0 Å². The van der Waals surface area contributed by atoms with Gasteiger partial charge < -0.3 is 25.6 Å². The summed E-state index contributed by atoms with van der Waals surface area (Å²) in [6.45, 7) is 6.56. The monoisotopic (exact) mass is 598 g/mol. The molecule has 3 amide bonds. The molecule has 4 rings (SSSR count). The van der Waals surface area contributed by atoms with E-state index in [4.69, 9.17) is 10.5 Å². The first kappa shape index (κ1) is 32.7. The van der Waals surface area contributed by atoms with Crippen LogP contribution in [0.4, 0.5) is 4.79 Å². The molecule has 8 heteroatoms. The minimum absolute atomic E-state index is 0.118. The number of hydrogen-bond donors (Lipinski definition) is 2. The van der Waals surface area contributed by atoms with E-state index in [0.29, 0.717) is 45.2 Å². The molecule has 1 saturated heterocycles. The van der Waals surface area contributed by atoms with Gasteiger partial charge in [-0.25, -0.2) is 4.79 Å². The zero-order valence-electron chi connectivity index (χ0n) is 26.6. The fourth-order valence-electron chi connectivity index (χ4n) is 6.09. The molecule has 0 spiro atoms. The van der Waals surface area contributed by atoms with Crippen LogP contribution in [-0.4, -0.2) is 72.1 Å². The normalized spacial score (nSPS) is 15.9. The molecule has 44 heavy (non-hydrogen) atoms. The van der Waals surface area contributed by atoms with Crippen molar-refractivity contribution >= 4 is 28.7 Å². The number of alkyl carbamates (subject to hydrolysis) is 1. The molecule has 234 valence electrons. The quantitative estimate of drug-likeness (QED) is 0.311. The van der Waals surface area contributed by atoms with Crippen LogP contribution in [0.2, 0.25) is 0 Å². The SMILES string of the molecule is CNC(=O)OC1(Cc2ccccc2)CCN(C(=O)[C@@H](Cc2ccc3ccccc3c2)N(C)C(=O)/C=C(\C)CC(C)(C)N)CC1. The number of piperidine rings is 1. The highest BCUT2D eigenvalue weighted by Gasteiger charge is 2.41. The molecule has 1 aliphatic rings. The Hall–Kier alpha value is -4.17. The summed E-state index contributed by atoms with van der Waals surface area (Å²) in [5, 5.41) is 4.78. The van der Waals surface area contributed by atoms with Crippen LogP contribution in [-0.2, 0) is 27.2 Å². The van der Waals surface area contributed by atoms with Gasteiger partial charge in [0.15, 0.2) is 0 Å². The van der Waals surface area contributed by atoms with Crippen molar-refractivity contribution in [1.29, 1.82) is 0 Å². The highest BCUT2D eigenvalue weighted by Crippen LogP contribution is 2.32. The lowest BCUT2D eigenvalue weighted by molar-refractivity contribution is -0.145. The van der Waals surface area contributed by atoms with Crippen LogP contribution in [0.25, 0.3) is 10.8 Å². The lowest BCUT2D eigenvalue weighted by Gasteiger charge is -2.42. The number of fused-ring (bicyclic) bond motifs is 1. The Kier molecular flexibility index (Phi) is 10.5. The zero-order valence-corrected chi connectivity index (χ0v) is 26.6. The maximum Gasteiger partial charge on any atom is 0.407 e. The van der Waals surface area contributed by atoms with Crippen molar-refractivity contribution in [2.75, 3.05) is 27.2 Å². The highest BCUT2D eigenvalue weighted by atomic mass is 16.6. The van der Waals surface area contributed by atoms with E-state index in [1.54, 1.807) is 25.1 Å². The van der Waals surface area contributed by atoms with E-state index in [1.807, 2.05) is 74.2 Å². The van der Waals surface area contributed by atoms with Gasteiger partial charge in [0.2, 0.25) is 11.8 Å². The van der Waals surface area contributed by atoms with Gasteiger partial charge in [-0.2, -0.15) is 0 Å². The second-order valence-electron chi connectivity index (χ2n) is 12.8. The standard InChI is InChI=1S/C36H46N4O4/c1-26(24-35(2,3)37)21-32(41)39(5)31(23-28-15-16-29-13-9-10-14-30(29)22-28)33(42)40-19-17-36(18-20-40,44-34(43)38-4)25-27-11-7-6-8-12-27/h6-16,21-22,31H,17-20,23-25,37H2,1-5H3,(H,38,43)/b26-21+/t31-/m1/s1. The zero-order chi connectivity index (χ0) is 31.9. The van der Waals surface area contributed by atoms with Gasteiger partial charge in [0.1, 0.15) is 11.6 Å². The van der Waals surface area contributed by atoms with Crippen molar-refractivity contribution in [2.45, 2.75) is 70.1 Å². The van der Waals surface area contributed by atoms with Crippen LogP contribution in [0.3, 0.4) is 0 Å². The van der Waals surface area contributed by atoms with Gasteiger partial charge in [-0.15, -0.1) is 0 Å². The first-order chi connectivity index (χ1) is 20.9. The Morgan fingerprint density at radius 3 is 2.27 bits per heavy atom. The Morgan fingerprint density at radius 2 is 1.64 bits per heavy atom. The van der Waals surface area contributed by atoms with Crippen molar-refractivity contribution < 1.29 is 19.1 Å². The van der Waals surface area contributed by atoms with Crippen molar-refractivity contribution in [3.05, 3.63) is 95.6 Å². The molecule has 1 atom stereocenters. The second kappa shape index (κ2) is 14.1. The van der Waals surface area contributed by atoms with Crippen LogP contribution in [0, 0.1) is 0 Å². The van der Waals surface area contributed by atoms with Crippen molar-refractivity contribution in [3.63, 3.8) is 0 Å². The minimum Gasteiger partial charge on any atom is -0.442 e. The summed E-state index contributed by atoms with van der Waals surface area (Å²) >= 11 is 0. The highest BCUT2D eigenvalue weighted by molar-refractivity contribution is 5.93. The predicted molar refractivity (Wildman–Crippen MR) is 175 cm³/mol. The summed E-state index contributed by atoms with van der Waals surface area (Å²) in [5.74, 6) is -0.350. The number of nitrogens with one attached hydrogen (secondary N) is 1. The molecule has 3 aromatic rings. The first-order valence-corrected chi connectivity index (χ1v) is 15.3. The number of ether oxygens (including phenoxy) is 1. The fourth-order valence-corrected chi connectivity index (χ4v) is 6.09. The van der Waals surface area contributed by atoms with Gasteiger partial charge in [0, 0.05) is 64.5 Å². The summed E-state index contributed by atoms with van der Waals surface area (Å²) < 4.78 is 5.96. The van der Waals surface area contributed by atoms with E-state index >= 15 is 0 Å². The Balaban J connectivity index is 1.58. The van der Waals surface area contributed by atoms with Crippen molar-refractivity contribution in [1.82, 2.24) is 15.1 Å². The van der Waals surface area contributed by atoms with E-state index in [9.17, 15) is 14.4 Å². The maximum absolute atomic E-state index is 14.2. The Labute approximate surface area is 261 Å². The molecular weight excluding hydrogens is 552 g/mol. The molecule has 3 aromatic carbocycles.